The van der Waals surface area contributed by atoms with E-state index in [9.17, 15) is 9.18 Å². The Bertz CT molecular complexity index is 578. The summed E-state index contributed by atoms with van der Waals surface area (Å²) in [6.07, 6.45) is 0. The van der Waals surface area contributed by atoms with Crippen molar-refractivity contribution in [1.29, 1.82) is 0 Å². The molecule has 2 aromatic rings. The number of carbonyl (C=O) groups excluding carboxylic acids is 1. The van der Waals surface area contributed by atoms with Gasteiger partial charge in [0, 0.05) is 17.8 Å². The molecule has 0 heterocycles. The number of aryl methyl sites for hydroxylation is 1. The van der Waals surface area contributed by atoms with E-state index in [4.69, 9.17) is 0 Å². The van der Waals surface area contributed by atoms with Gasteiger partial charge in [0.25, 0.3) is 5.91 Å². The first-order valence-electron chi connectivity index (χ1n) is 6.26. The molecule has 0 N–H and O–H groups in total. The maximum Gasteiger partial charge on any atom is 0.258 e. The van der Waals surface area contributed by atoms with E-state index in [0.717, 1.165) is 11.3 Å². The van der Waals surface area contributed by atoms with E-state index in [1.165, 1.54) is 24.3 Å². The third-order valence-corrected chi connectivity index (χ3v) is 2.97. The molecule has 0 saturated carbocycles. The van der Waals surface area contributed by atoms with Crippen molar-refractivity contribution in [2.45, 2.75) is 13.8 Å². The number of hydrogen-bond acceptors (Lipinski definition) is 1. The van der Waals surface area contributed by atoms with Crippen LogP contribution in [0, 0.1) is 12.7 Å². The number of amides is 1. The van der Waals surface area contributed by atoms with E-state index in [2.05, 4.69) is 0 Å². The first kappa shape index (κ1) is 13.3. The molecular formula is C16H16FNO. The summed E-state index contributed by atoms with van der Waals surface area (Å²) < 4.78 is 12.9. The number of hydrogen-bond donors (Lipinski definition) is 0. The van der Waals surface area contributed by atoms with Crippen molar-refractivity contribution in [2.24, 2.45) is 0 Å². The topological polar surface area (TPSA) is 20.3 Å². The van der Waals surface area contributed by atoms with Crippen LogP contribution >= 0.6 is 0 Å². The number of nitrogens with zero attached hydrogens (tertiary/aromatic N) is 1. The molecule has 0 unspecified atom stereocenters. The van der Waals surface area contributed by atoms with Crippen LogP contribution in [0.3, 0.4) is 0 Å². The molecule has 0 saturated heterocycles. The van der Waals surface area contributed by atoms with E-state index in [1.807, 2.05) is 38.1 Å². The summed E-state index contributed by atoms with van der Waals surface area (Å²) >= 11 is 0. The smallest absolute Gasteiger partial charge is 0.258 e. The summed E-state index contributed by atoms with van der Waals surface area (Å²) in [5, 5.41) is 0. The van der Waals surface area contributed by atoms with Gasteiger partial charge in [0.15, 0.2) is 0 Å². The van der Waals surface area contributed by atoms with Crippen molar-refractivity contribution in [3.05, 3.63) is 65.5 Å². The van der Waals surface area contributed by atoms with Crippen molar-refractivity contribution in [3.63, 3.8) is 0 Å². The van der Waals surface area contributed by atoms with Gasteiger partial charge in [-0.05, 0) is 55.8 Å². The summed E-state index contributed by atoms with van der Waals surface area (Å²) in [5.74, 6) is -0.455. The highest BCUT2D eigenvalue weighted by atomic mass is 19.1. The number of rotatable bonds is 3. The Kier molecular flexibility index (Phi) is 3.95. The lowest BCUT2D eigenvalue weighted by atomic mass is 10.1. The van der Waals surface area contributed by atoms with Crippen LogP contribution in [-0.2, 0) is 0 Å². The van der Waals surface area contributed by atoms with E-state index in [-0.39, 0.29) is 11.7 Å². The fourth-order valence-corrected chi connectivity index (χ4v) is 1.99. The highest BCUT2D eigenvalue weighted by Gasteiger charge is 2.15. The summed E-state index contributed by atoms with van der Waals surface area (Å²) in [6.45, 7) is 4.48. The maximum absolute atomic E-state index is 12.9. The van der Waals surface area contributed by atoms with Gasteiger partial charge in [0.05, 0.1) is 0 Å². The van der Waals surface area contributed by atoms with Crippen molar-refractivity contribution < 1.29 is 9.18 Å². The Labute approximate surface area is 112 Å². The first-order valence-corrected chi connectivity index (χ1v) is 6.26. The highest BCUT2D eigenvalue weighted by molar-refractivity contribution is 6.06. The van der Waals surface area contributed by atoms with Crippen molar-refractivity contribution in [2.75, 3.05) is 11.4 Å². The van der Waals surface area contributed by atoms with Gasteiger partial charge >= 0.3 is 0 Å². The van der Waals surface area contributed by atoms with E-state index < -0.39 is 0 Å². The molecule has 3 heteroatoms. The summed E-state index contributed by atoms with van der Waals surface area (Å²) in [5.41, 5.74) is 2.45. The van der Waals surface area contributed by atoms with Gasteiger partial charge in [-0.1, -0.05) is 12.1 Å². The largest absolute Gasteiger partial charge is 0.309 e. The predicted octanol–water partition coefficient (Wildman–Crippen LogP) is 3.80. The average molecular weight is 257 g/mol. The lowest BCUT2D eigenvalue weighted by molar-refractivity contribution is 0.0988. The normalized spacial score (nSPS) is 10.3. The van der Waals surface area contributed by atoms with Crippen molar-refractivity contribution in [1.82, 2.24) is 0 Å². The van der Waals surface area contributed by atoms with Gasteiger partial charge in [-0.15, -0.1) is 0 Å². The second kappa shape index (κ2) is 5.65. The molecule has 0 bridgehead atoms. The van der Waals surface area contributed by atoms with E-state index in [0.29, 0.717) is 12.1 Å². The predicted molar refractivity (Wildman–Crippen MR) is 74.9 cm³/mol. The average Bonchev–Trinajstić information content (AvgIpc) is 2.40. The van der Waals surface area contributed by atoms with E-state index >= 15 is 0 Å². The molecule has 2 aromatic carbocycles. The Morgan fingerprint density at radius 1 is 1.16 bits per heavy atom. The minimum absolute atomic E-state index is 0.117. The molecule has 0 aromatic heterocycles. The third-order valence-electron chi connectivity index (χ3n) is 2.97. The van der Waals surface area contributed by atoms with Gasteiger partial charge in [-0.2, -0.15) is 0 Å². The van der Waals surface area contributed by atoms with E-state index in [1.54, 1.807) is 4.90 Å². The molecule has 0 aliphatic carbocycles. The van der Waals surface area contributed by atoms with Crippen molar-refractivity contribution in [3.8, 4) is 0 Å². The summed E-state index contributed by atoms with van der Waals surface area (Å²) in [6, 6.07) is 13.4. The fraction of sp³-hybridized carbons (Fsp3) is 0.188. The van der Waals surface area contributed by atoms with Crippen LogP contribution in [0.4, 0.5) is 10.1 Å². The van der Waals surface area contributed by atoms with Gasteiger partial charge < -0.3 is 4.90 Å². The molecule has 0 radical (unpaired) electrons. The van der Waals surface area contributed by atoms with Gasteiger partial charge in [-0.3, -0.25) is 4.79 Å². The standard InChI is InChI=1S/C16H16FNO/c1-3-18(15-6-4-5-12(2)11-15)16(19)13-7-9-14(17)10-8-13/h4-11H,3H2,1-2H3. The summed E-state index contributed by atoms with van der Waals surface area (Å²) in [7, 11) is 0. The van der Waals surface area contributed by atoms with Crippen LogP contribution in [0.2, 0.25) is 0 Å². The second-order valence-corrected chi connectivity index (χ2v) is 4.40. The number of halogens is 1. The Hall–Kier alpha value is -2.16. The zero-order valence-electron chi connectivity index (χ0n) is 11.1. The number of benzene rings is 2. The molecule has 0 atom stereocenters. The zero-order chi connectivity index (χ0) is 13.8. The molecule has 2 rings (SSSR count). The summed E-state index contributed by atoms with van der Waals surface area (Å²) in [4.78, 5) is 14.1. The van der Waals surface area contributed by atoms with Gasteiger partial charge in [0.1, 0.15) is 5.82 Å². The zero-order valence-corrected chi connectivity index (χ0v) is 11.1. The maximum atomic E-state index is 12.9. The molecule has 0 aliphatic rings. The van der Waals surface area contributed by atoms with Crippen LogP contribution in [0.25, 0.3) is 0 Å². The monoisotopic (exact) mass is 257 g/mol. The lowest BCUT2D eigenvalue weighted by Gasteiger charge is -2.21. The Morgan fingerprint density at radius 2 is 1.84 bits per heavy atom. The van der Waals surface area contributed by atoms with Crippen LogP contribution in [-0.4, -0.2) is 12.5 Å². The van der Waals surface area contributed by atoms with Gasteiger partial charge in [-0.25, -0.2) is 4.39 Å². The van der Waals surface area contributed by atoms with Crippen LogP contribution in [0.15, 0.2) is 48.5 Å². The quantitative estimate of drug-likeness (QED) is 0.819. The minimum atomic E-state index is -0.338. The first-order chi connectivity index (χ1) is 9.11. The van der Waals surface area contributed by atoms with Crippen LogP contribution in [0.1, 0.15) is 22.8 Å². The minimum Gasteiger partial charge on any atom is -0.309 e. The lowest BCUT2D eigenvalue weighted by Crippen LogP contribution is -2.30. The molecule has 98 valence electrons. The third kappa shape index (κ3) is 2.99. The number of anilines is 1. The molecule has 0 aliphatic heterocycles. The Balaban J connectivity index is 2.31. The van der Waals surface area contributed by atoms with Crippen LogP contribution < -0.4 is 4.90 Å². The highest BCUT2D eigenvalue weighted by Crippen LogP contribution is 2.18. The molecule has 2 nitrogen and oxygen atoms in total. The fourth-order valence-electron chi connectivity index (χ4n) is 1.99. The van der Waals surface area contributed by atoms with Crippen molar-refractivity contribution >= 4 is 11.6 Å². The second-order valence-electron chi connectivity index (χ2n) is 4.40. The number of carbonyl (C=O) groups is 1. The molecular weight excluding hydrogens is 241 g/mol. The Morgan fingerprint density at radius 3 is 2.42 bits per heavy atom. The molecule has 19 heavy (non-hydrogen) atoms. The van der Waals surface area contributed by atoms with Gasteiger partial charge in [0.2, 0.25) is 0 Å². The molecule has 0 spiro atoms. The molecule has 1 amide bonds. The van der Waals surface area contributed by atoms with Crippen LogP contribution in [0.5, 0.6) is 0 Å². The molecule has 0 fully saturated rings. The SMILES string of the molecule is CCN(C(=O)c1ccc(F)cc1)c1cccc(C)c1.